The molecule has 0 aliphatic heterocycles. The summed E-state index contributed by atoms with van der Waals surface area (Å²) < 4.78 is 22.5. The first-order valence-corrected chi connectivity index (χ1v) is 12.9. The third kappa shape index (κ3) is 10.8. The molecule has 0 aromatic carbocycles. The lowest BCUT2D eigenvalue weighted by atomic mass is 9.54. The number of carbonyl (C=O) groups excluding carboxylic acids is 2. The summed E-state index contributed by atoms with van der Waals surface area (Å²) in [6, 6.07) is 0. The fraction of sp³-hybridized carbons (Fsp3) is 0.923. The van der Waals surface area contributed by atoms with Crippen LogP contribution in [-0.2, 0) is 18.9 Å². The van der Waals surface area contributed by atoms with E-state index in [1.54, 1.807) is 0 Å². The molecule has 0 aromatic heterocycles. The van der Waals surface area contributed by atoms with E-state index in [1.807, 2.05) is 41.5 Å². The van der Waals surface area contributed by atoms with Crippen LogP contribution in [0.15, 0.2) is 0 Å². The van der Waals surface area contributed by atoms with E-state index in [1.165, 1.54) is 38.5 Å². The van der Waals surface area contributed by atoms with Crippen LogP contribution in [0.25, 0.3) is 0 Å². The first kappa shape index (κ1) is 28.7. The van der Waals surface area contributed by atoms with Gasteiger partial charge in [-0.3, -0.25) is 0 Å². The van der Waals surface area contributed by atoms with E-state index in [4.69, 9.17) is 18.9 Å². The Bertz CT molecular complexity index is 572. The van der Waals surface area contributed by atoms with Crippen LogP contribution >= 0.6 is 0 Å². The number of hydrogen-bond acceptors (Lipinski definition) is 6. The molecule has 0 saturated heterocycles. The second kappa shape index (κ2) is 12.4. The van der Waals surface area contributed by atoms with Crippen molar-refractivity contribution in [1.29, 1.82) is 0 Å². The zero-order valence-corrected chi connectivity index (χ0v) is 22.3. The molecule has 3 fully saturated rings. The highest BCUT2D eigenvalue weighted by atomic mass is 16.6. The highest BCUT2D eigenvalue weighted by molar-refractivity contribution is 5.67. The third-order valence-corrected chi connectivity index (χ3v) is 6.64. The number of nitrogens with one attached hydrogen (secondary N) is 2. The highest BCUT2D eigenvalue weighted by Crippen LogP contribution is 2.57. The van der Waals surface area contributed by atoms with Crippen LogP contribution in [0.3, 0.4) is 0 Å². The normalized spacial score (nSPS) is 24.5. The Morgan fingerprint density at radius 3 is 1.26 bits per heavy atom. The number of alkyl carbamates (subject to hydrolysis) is 2. The molecule has 0 unspecified atom stereocenters. The molecule has 3 saturated carbocycles. The van der Waals surface area contributed by atoms with E-state index in [9.17, 15) is 9.59 Å². The zero-order valence-electron chi connectivity index (χ0n) is 22.3. The Labute approximate surface area is 206 Å². The van der Waals surface area contributed by atoms with Gasteiger partial charge in [-0.05, 0) is 104 Å². The molecule has 3 aliphatic carbocycles. The standard InChI is InChI=1S/C26H48N2O6/c1-23(2,3)33-21(29)27-15-7-17-31-19-25-9-12-26(13-10-25,14-11-25)20-32-18-8-16-28-22(30)34-24(4,5)6/h7-20H2,1-6H3,(H,27,29)(H,28,30). The summed E-state index contributed by atoms with van der Waals surface area (Å²) in [6.45, 7) is 15.2. The monoisotopic (exact) mass is 484 g/mol. The molecular weight excluding hydrogens is 436 g/mol. The minimum absolute atomic E-state index is 0.317. The minimum atomic E-state index is -0.471. The fourth-order valence-electron chi connectivity index (χ4n) is 4.71. The maximum Gasteiger partial charge on any atom is 0.407 e. The summed E-state index contributed by atoms with van der Waals surface area (Å²) in [5, 5.41) is 5.56. The number of amides is 2. The van der Waals surface area contributed by atoms with Crippen LogP contribution in [0, 0.1) is 10.8 Å². The lowest BCUT2D eigenvalue weighted by Crippen LogP contribution is -2.46. The molecule has 2 N–H and O–H groups in total. The summed E-state index contributed by atoms with van der Waals surface area (Å²) >= 11 is 0. The van der Waals surface area contributed by atoms with Crippen molar-refractivity contribution in [2.45, 2.75) is 104 Å². The Balaban J connectivity index is 1.52. The molecule has 198 valence electrons. The molecule has 3 aliphatic rings. The maximum atomic E-state index is 11.7. The van der Waals surface area contributed by atoms with Crippen molar-refractivity contribution in [3.63, 3.8) is 0 Å². The highest BCUT2D eigenvalue weighted by Gasteiger charge is 2.48. The summed E-state index contributed by atoms with van der Waals surface area (Å²) in [5.41, 5.74) is -0.308. The minimum Gasteiger partial charge on any atom is -0.444 e. The topological polar surface area (TPSA) is 95.1 Å². The van der Waals surface area contributed by atoms with Gasteiger partial charge < -0.3 is 29.6 Å². The van der Waals surface area contributed by atoms with Gasteiger partial charge in [0.1, 0.15) is 11.2 Å². The largest absolute Gasteiger partial charge is 0.444 e. The maximum absolute atomic E-state index is 11.7. The molecule has 0 atom stereocenters. The van der Waals surface area contributed by atoms with Crippen LogP contribution in [-0.4, -0.2) is 62.9 Å². The molecule has 0 spiro atoms. The molecule has 0 aromatic rings. The third-order valence-electron chi connectivity index (χ3n) is 6.64. The van der Waals surface area contributed by atoms with E-state index in [0.717, 1.165) is 26.1 Å². The van der Waals surface area contributed by atoms with Crippen molar-refractivity contribution in [3.8, 4) is 0 Å². The van der Waals surface area contributed by atoms with Gasteiger partial charge in [-0.2, -0.15) is 0 Å². The van der Waals surface area contributed by atoms with Crippen LogP contribution in [0.1, 0.15) is 92.9 Å². The van der Waals surface area contributed by atoms with Crippen molar-refractivity contribution in [2.24, 2.45) is 10.8 Å². The number of fused-ring (bicyclic) bond motifs is 3. The Hall–Kier alpha value is -1.54. The summed E-state index contributed by atoms with van der Waals surface area (Å²) in [5.74, 6) is 0. The van der Waals surface area contributed by atoms with E-state index in [0.29, 0.717) is 37.1 Å². The van der Waals surface area contributed by atoms with Gasteiger partial charge in [0.2, 0.25) is 0 Å². The van der Waals surface area contributed by atoms with Gasteiger partial charge in [0.25, 0.3) is 0 Å². The smallest absolute Gasteiger partial charge is 0.407 e. The molecule has 2 amide bonds. The van der Waals surface area contributed by atoms with Crippen molar-refractivity contribution < 1.29 is 28.5 Å². The fourth-order valence-corrected chi connectivity index (χ4v) is 4.71. The van der Waals surface area contributed by atoms with Crippen molar-refractivity contribution in [3.05, 3.63) is 0 Å². The molecule has 8 heteroatoms. The number of ether oxygens (including phenoxy) is 4. The Morgan fingerprint density at radius 1 is 0.647 bits per heavy atom. The van der Waals surface area contributed by atoms with E-state index in [2.05, 4.69) is 10.6 Å². The van der Waals surface area contributed by atoms with Crippen molar-refractivity contribution in [2.75, 3.05) is 39.5 Å². The van der Waals surface area contributed by atoms with Gasteiger partial charge in [0.15, 0.2) is 0 Å². The molecule has 0 heterocycles. The van der Waals surface area contributed by atoms with Crippen LogP contribution in [0.2, 0.25) is 0 Å². The number of hydrogen-bond donors (Lipinski definition) is 2. The predicted octanol–water partition coefficient (Wildman–Crippen LogP) is 5.19. The average Bonchev–Trinajstić information content (AvgIpc) is 2.72. The van der Waals surface area contributed by atoms with Gasteiger partial charge >= 0.3 is 12.2 Å². The van der Waals surface area contributed by atoms with Gasteiger partial charge in [0.05, 0.1) is 13.2 Å². The molecule has 0 radical (unpaired) electrons. The van der Waals surface area contributed by atoms with Crippen LogP contribution < -0.4 is 10.6 Å². The molecule has 34 heavy (non-hydrogen) atoms. The SMILES string of the molecule is CC(C)(C)OC(=O)NCCCOCC12CCC(COCCCNC(=O)OC(C)(C)C)(CC1)CC2. The summed E-state index contributed by atoms with van der Waals surface area (Å²) in [4.78, 5) is 23.3. The number of rotatable bonds is 12. The first-order valence-electron chi connectivity index (χ1n) is 12.9. The van der Waals surface area contributed by atoms with Gasteiger partial charge in [0, 0.05) is 26.3 Å². The molecular formula is C26H48N2O6. The Morgan fingerprint density at radius 2 is 0.971 bits per heavy atom. The molecule has 2 bridgehead atoms. The quantitative estimate of drug-likeness (QED) is 0.370. The van der Waals surface area contributed by atoms with Gasteiger partial charge in [-0.25, -0.2) is 9.59 Å². The van der Waals surface area contributed by atoms with E-state index in [-0.39, 0.29) is 12.2 Å². The zero-order chi connectivity index (χ0) is 25.3. The second-order valence-corrected chi connectivity index (χ2v) is 12.2. The second-order valence-electron chi connectivity index (χ2n) is 12.2. The van der Waals surface area contributed by atoms with Crippen LogP contribution in [0.5, 0.6) is 0 Å². The van der Waals surface area contributed by atoms with Crippen molar-refractivity contribution >= 4 is 12.2 Å². The van der Waals surface area contributed by atoms with Gasteiger partial charge in [-0.15, -0.1) is 0 Å². The summed E-state index contributed by atoms with van der Waals surface area (Å²) in [7, 11) is 0. The number of carbonyl (C=O) groups is 2. The lowest BCUT2D eigenvalue weighted by Gasteiger charge is -2.53. The summed E-state index contributed by atoms with van der Waals surface area (Å²) in [6.07, 6.45) is 8.04. The Kier molecular flexibility index (Phi) is 10.5. The molecule has 8 nitrogen and oxygen atoms in total. The van der Waals surface area contributed by atoms with Crippen molar-refractivity contribution in [1.82, 2.24) is 10.6 Å². The molecule has 3 rings (SSSR count). The predicted molar refractivity (Wildman–Crippen MR) is 132 cm³/mol. The van der Waals surface area contributed by atoms with Gasteiger partial charge in [-0.1, -0.05) is 0 Å². The van der Waals surface area contributed by atoms with E-state index < -0.39 is 11.2 Å². The van der Waals surface area contributed by atoms with E-state index >= 15 is 0 Å². The van der Waals surface area contributed by atoms with Crippen LogP contribution in [0.4, 0.5) is 9.59 Å². The average molecular weight is 485 g/mol. The first-order chi connectivity index (χ1) is 15.8. The lowest BCUT2D eigenvalue weighted by molar-refractivity contribution is -0.0941.